The van der Waals surface area contributed by atoms with Crippen LogP contribution >= 0.6 is 22.7 Å². The van der Waals surface area contributed by atoms with Crippen LogP contribution in [0.15, 0.2) is 84.9 Å². The number of esters is 1. The van der Waals surface area contributed by atoms with Gasteiger partial charge in [-0.25, -0.2) is 9.59 Å². The zero-order valence-electron chi connectivity index (χ0n) is 25.0. The van der Waals surface area contributed by atoms with E-state index in [2.05, 4.69) is 58.5 Å². The van der Waals surface area contributed by atoms with Crippen molar-refractivity contribution in [2.45, 2.75) is 32.6 Å². The number of carbonyl (C=O) groups is 2. The summed E-state index contributed by atoms with van der Waals surface area (Å²) in [4.78, 5) is 31.2. The number of carboxylic acids is 1. The van der Waals surface area contributed by atoms with Crippen molar-refractivity contribution in [3.8, 4) is 0 Å². The van der Waals surface area contributed by atoms with E-state index in [1.54, 1.807) is 28.7 Å². The molecular formula is C33H35KN2O6S2. The van der Waals surface area contributed by atoms with Gasteiger partial charge in [-0.2, -0.15) is 0 Å². The molecule has 0 atom stereocenters. The number of aromatic nitrogens is 2. The number of benzene rings is 2. The van der Waals surface area contributed by atoms with Gasteiger partial charge in [0.2, 0.25) is 0 Å². The third-order valence-electron chi connectivity index (χ3n) is 6.44. The van der Waals surface area contributed by atoms with Crippen LogP contribution in [0.25, 0.3) is 20.4 Å². The largest absolute Gasteiger partial charge is 1.00 e. The summed E-state index contributed by atoms with van der Waals surface area (Å²) in [7, 11) is 1.00. The van der Waals surface area contributed by atoms with E-state index in [0.29, 0.717) is 12.3 Å². The van der Waals surface area contributed by atoms with Crippen LogP contribution in [0.4, 0.5) is 0 Å². The van der Waals surface area contributed by atoms with Crippen LogP contribution in [-0.4, -0.2) is 51.3 Å². The third-order valence-corrected chi connectivity index (χ3v) is 8.73. The van der Waals surface area contributed by atoms with Crippen LogP contribution in [0.2, 0.25) is 0 Å². The summed E-state index contributed by atoms with van der Waals surface area (Å²) >= 11 is 3.39. The SMILES string of the molecule is CCOC(=O)c1cc2sc(CCc3ccccc3)cc2[nH]1.CO.O=C(O)c1cc2sc(CCc3ccccc3)cc2[nH]1.[K+].[OH-]. The van der Waals surface area contributed by atoms with Crippen molar-refractivity contribution >= 4 is 55.0 Å². The molecule has 0 amide bonds. The normalized spacial score (nSPS) is 10.1. The average molecular weight is 659 g/mol. The van der Waals surface area contributed by atoms with E-state index in [1.165, 1.54) is 20.9 Å². The van der Waals surface area contributed by atoms with Crippen molar-refractivity contribution < 1.29 is 81.4 Å². The standard InChI is InChI=1S/C17H17NO2S.C15H13NO2S.CH4O.K.H2O/c1-2-20-17(19)15-11-16-14(18-15)10-13(21-16)9-8-12-6-4-3-5-7-12;17-15(18)13-9-14-12(16-13)8-11(19-14)7-6-10-4-2-1-3-5-10;1-2;;/h3-7,10-11,18H,2,8-9H2,1H3;1-5,8-9,16H,6-7H2,(H,17,18);2H,1H3;;1H2/q;;;+1;/p-1. The Morgan fingerprint density at radius 1 is 0.705 bits per heavy atom. The number of carbonyl (C=O) groups excluding carboxylic acids is 1. The second-order valence-electron chi connectivity index (χ2n) is 9.34. The Hall–Kier alpha value is -2.58. The van der Waals surface area contributed by atoms with Gasteiger partial charge in [0, 0.05) is 16.9 Å². The zero-order valence-corrected chi connectivity index (χ0v) is 29.8. The number of aromatic carboxylic acids is 1. The number of aryl methyl sites for hydroxylation is 4. The number of carboxylic acid groups (broad SMARTS) is 1. The minimum absolute atomic E-state index is 0. The fourth-order valence-corrected chi connectivity index (χ4v) is 6.57. The minimum Gasteiger partial charge on any atom is -0.870 e. The molecule has 6 aromatic rings. The predicted molar refractivity (Wildman–Crippen MR) is 173 cm³/mol. The van der Waals surface area contributed by atoms with Gasteiger partial charge in [-0.05, 0) is 68.0 Å². The minimum atomic E-state index is -0.908. The van der Waals surface area contributed by atoms with Gasteiger partial charge >= 0.3 is 63.3 Å². The maximum Gasteiger partial charge on any atom is 1.00 e. The number of aliphatic hydroxyl groups is 1. The molecule has 0 saturated heterocycles. The van der Waals surface area contributed by atoms with Crippen molar-refractivity contribution in [3.63, 3.8) is 0 Å². The number of aliphatic hydroxyl groups excluding tert-OH is 1. The number of hydrogen-bond donors (Lipinski definition) is 4. The molecule has 44 heavy (non-hydrogen) atoms. The summed E-state index contributed by atoms with van der Waals surface area (Å²) in [6.45, 7) is 2.21. The van der Waals surface area contributed by atoms with Crippen molar-refractivity contribution in [2.75, 3.05) is 13.7 Å². The van der Waals surface area contributed by atoms with Crippen LogP contribution in [0.3, 0.4) is 0 Å². The summed E-state index contributed by atoms with van der Waals surface area (Å²) in [5.74, 6) is -1.19. The summed E-state index contributed by atoms with van der Waals surface area (Å²) in [5.41, 5.74) is 5.41. The molecule has 0 spiro atoms. The Balaban J connectivity index is 0.000000280. The molecule has 0 aliphatic heterocycles. The first kappa shape index (κ1) is 37.6. The summed E-state index contributed by atoms with van der Waals surface area (Å²) in [6, 6.07) is 28.6. The Labute approximate surface area is 306 Å². The molecule has 0 bridgehead atoms. The molecule has 4 aromatic heterocycles. The molecule has 0 aliphatic rings. The van der Waals surface area contributed by atoms with Crippen molar-refractivity contribution in [1.82, 2.24) is 9.97 Å². The molecule has 11 heteroatoms. The molecule has 0 fully saturated rings. The van der Waals surface area contributed by atoms with Crippen LogP contribution in [0, 0.1) is 0 Å². The summed E-state index contributed by atoms with van der Waals surface area (Å²) in [5, 5.41) is 15.9. The van der Waals surface area contributed by atoms with E-state index in [1.807, 2.05) is 37.3 Å². The predicted octanol–water partition coefficient (Wildman–Crippen LogP) is 4.34. The van der Waals surface area contributed by atoms with Crippen LogP contribution in [-0.2, 0) is 30.4 Å². The fraction of sp³-hybridized carbons (Fsp3) is 0.212. The van der Waals surface area contributed by atoms with Gasteiger partial charge in [0.15, 0.2) is 0 Å². The van der Waals surface area contributed by atoms with Gasteiger partial charge in [-0.3, -0.25) is 0 Å². The molecule has 0 radical (unpaired) electrons. The van der Waals surface area contributed by atoms with Gasteiger partial charge in [0.25, 0.3) is 0 Å². The van der Waals surface area contributed by atoms with Gasteiger partial charge in [0.05, 0.1) is 27.0 Å². The molecule has 4 heterocycles. The monoisotopic (exact) mass is 658 g/mol. The first-order valence-electron chi connectivity index (χ1n) is 13.6. The molecule has 0 saturated carbocycles. The molecule has 226 valence electrons. The van der Waals surface area contributed by atoms with Gasteiger partial charge in [-0.15, -0.1) is 22.7 Å². The van der Waals surface area contributed by atoms with Crippen molar-refractivity contribution in [2.24, 2.45) is 0 Å². The van der Waals surface area contributed by atoms with Gasteiger partial charge in [-0.1, -0.05) is 60.7 Å². The average Bonchev–Trinajstić information content (AvgIpc) is 3.78. The maximum atomic E-state index is 11.7. The van der Waals surface area contributed by atoms with Crippen LogP contribution in [0.5, 0.6) is 0 Å². The van der Waals surface area contributed by atoms with Gasteiger partial charge < -0.3 is 30.4 Å². The molecule has 8 nitrogen and oxygen atoms in total. The zero-order chi connectivity index (χ0) is 29.9. The van der Waals surface area contributed by atoms with E-state index in [4.69, 9.17) is 14.9 Å². The molecule has 0 aliphatic carbocycles. The Kier molecular flexibility index (Phi) is 16.3. The molecule has 2 aromatic carbocycles. The Morgan fingerprint density at radius 2 is 1.14 bits per heavy atom. The van der Waals surface area contributed by atoms with Crippen molar-refractivity contribution in [1.29, 1.82) is 0 Å². The number of thiophene rings is 2. The Morgan fingerprint density at radius 3 is 1.55 bits per heavy atom. The number of aromatic amines is 2. The molecule has 5 N–H and O–H groups in total. The summed E-state index contributed by atoms with van der Waals surface area (Å²) < 4.78 is 7.12. The quantitative estimate of drug-likeness (QED) is 0.134. The van der Waals surface area contributed by atoms with Crippen LogP contribution < -0.4 is 51.4 Å². The molecule has 6 rings (SSSR count). The second kappa shape index (κ2) is 19.0. The number of rotatable bonds is 9. The van der Waals surface area contributed by atoms with E-state index >= 15 is 0 Å². The Bertz CT molecular complexity index is 1660. The van der Waals surface area contributed by atoms with E-state index in [-0.39, 0.29) is 68.5 Å². The number of nitrogens with one attached hydrogen (secondary N) is 2. The van der Waals surface area contributed by atoms with E-state index in [9.17, 15) is 9.59 Å². The topological polar surface area (TPSA) is 145 Å². The third kappa shape index (κ3) is 10.5. The smallest absolute Gasteiger partial charge is 0.870 e. The first-order chi connectivity index (χ1) is 20.5. The fourth-order valence-electron chi connectivity index (χ4n) is 4.45. The van der Waals surface area contributed by atoms with Crippen molar-refractivity contribution in [3.05, 3.63) is 117 Å². The number of fused-ring (bicyclic) bond motifs is 2. The van der Waals surface area contributed by atoms with E-state index in [0.717, 1.165) is 53.2 Å². The van der Waals surface area contributed by atoms with Crippen LogP contribution in [0.1, 0.15) is 48.8 Å². The summed E-state index contributed by atoms with van der Waals surface area (Å²) in [6.07, 6.45) is 4.05. The maximum absolute atomic E-state index is 11.7. The number of hydrogen-bond acceptors (Lipinski definition) is 7. The van der Waals surface area contributed by atoms with Gasteiger partial charge in [0.1, 0.15) is 11.4 Å². The van der Waals surface area contributed by atoms with E-state index < -0.39 is 5.97 Å². The first-order valence-corrected chi connectivity index (χ1v) is 15.3. The molecular weight excluding hydrogens is 624 g/mol. The molecule has 0 unspecified atom stereocenters. The second-order valence-corrected chi connectivity index (χ2v) is 11.7. The number of ether oxygens (including phenoxy) is 1. The number of H-pyrrole nitrogens is 2.